The van der Waals surface area contributed by atoms with Crippen LogP contribution in [-0.2, 0) is 27.3 Å². The second-order valence-electron chi connectivity index (χ2n) is 7.49. The number of amides is 2. The van der Waals surface area contributed by atoms with E-state index in [1.165, 1.54) is 0 Å². The quantitative estimate of drug-likeness (QED) is 0.891. The van der Waals surface area contributed by atoms with Crippen LogP contribution in [-0.4, -0.2) is 42.0 Å². The molecule has 2 aliphatic heterocycles. The first-order valence-electron chi connectivity index (χ1n) is 9.30. The predicted octanol–water partition coefficient (Wildman–Crippen LogP) is 2.28. The third kappa shape index (κ3) is 4.40. The molecule has 5 heteroatoms. The SMILES string of the molecule is CC(C)CC(=O)N1Cc2ccccc2C[C@H]1C(=O)NC[C@H]1CCCO1. The highest BCUT2D eigenvalue weighted by molar-refractivity contribution is 5.88. The Bertz CT molecular complexity index is 623. The Hall–Kier alpha value is -1.88. The van der Waals surface area contributed by atoms with E-state index in [4.69, 9.17) is 4.74 Å². The summed E-state index contributed by atoms with van der Waals surface area (Å²) in [6.07, 6.45) is 3.20. The van der Waals surface area contributed by atoms with Crippen molar-refractivity contribution < 1.29 is 14.3 Å². The molecule has 0 unspecified atom stereocenters. The molecule has 25 heavy (non-hydrogen) atoms. The molecule has 0 saturated carbocycles. The zero-order valence-corrected chi connectivity index (χ0v) is 15.2. The lowest BCUT2D eigenvalue weighted by atomic mass is 9.92. The van der Waals surface area contributed by atoms with Crippen molar-refractivity contribution in [1.29, 1.82) is 0 Å². The van der Waals surface area contributed by atoms with Crippen molar-refractivity contribution in [2.45, 2.75) is 58.2 Å². The van der Waals surface area contributed by atoms with Gasteiger partial charge < -0.3 is 15.0 Å². The van der Waals surface area contributed by atoms with Crippen LogP contribution in [0.3, 0.4) is 0 Å². The zero-order valence-electron chi connectivity index (χ0n) is 15.2. The highest BCUT2D eigenvalue weighted by Crippen LogP contribution is 2.25. The van der Waals surface area contributed by atoms with Crippen LogP contribution in [0.1, 0.15) is 44.2 Å². The predicted molar refractivity (Wildman–Crippen MR) is 95.9 cm³/mol. The van der Waals surface area contributed by atoms with Gasteiger partial charge in [-0.15, -0.1) is 0 Å². The molecule has 136 valence electrons. The van der Waals surface area contributed by atoms with E-state index in [9.17, 15) is 9.59 Å². The van der Waals surface area contributed by atoms with Gasteiger partial charge in [0.15, 0.2) is 0 Å². The molecule has 0 aromatic heterocycles. The smallest absolute Gasteiger partial charge is 0.243 e. The van der Waals surface area contributed by atoms with Gasteiger partial charge in [-0.3, -0.25) is 9.59 Å². The van der Waals surface area contributed by atoms with E-state index in [1.807, 2.05) is 32.0 Å². The summed E-state index contributed by atoms with van der Waals surface area (Å²) < 4.78 is 5.58. The van der Waals surface area contributed by atoms with E-state index in [2.05, 4.69) is 11.4 Å². The molecule has 1 aromatic rings. The minimum atomic E-state index is -0.428. The highest BCUT2D eigenvalue weighted by atomic mass is 16.5. The molecular formula is C20H28N2O3. The van der Waals surface area contributed by atoms with Gasteiger partial charge in [-0.05, 0) is 29.9 Å². The molecule has 1 fully saturated rings. The van der Waals surface area contributed by atoms with Gasteiger partial charge in [0.05, 0.1) is 6.10 Å². The van der Waals surface area contributed by atoms with E-state index in [-0.39, 0.29) is 23.8 Å². The first-order valence-corrected chi connectivity index (χ1v) is 9.30. The molecule has 1 saturated heterocycles. The number of hydrogen-bond acceptors (Lipinski definition) is 3. The summed E-state index contributed by atoms with van der Waals surface area (Å²) >= 11 is 0. The lowest BCUT2D eigenvalue weighted by Crippen LogP contribution is -2.53. The van der Waals surface area contributed by atoms with Crippen molar-refractivity contribution in [2.24, 2.45) is 5.92 Å². The molecule has 3 rings (SSSR count). The molecule has 1 aromatic carbocycles. The van der Waals surface area contributed by atoms with Crippen LogP contribution in [0.5, 0.6) is 0 Å². The second kappa shape index (κ2) is 8.00. The Kier molecular flexibility index (Phi) is 5.74. The van der Waals surface area contributed by atoms with Gasteiger partial charge in [0.1, 0.15) is 6.04 Å². The van der Waals surface area contributed by atoms with Crippen LogP contribution in [0.25, 0.3) is 0 Å². The number of benzene rings is 1. The maximum Gasteiger partial charge on any atom is 0.243 e. The van der Waals surface area contributed by atoms with Crippen molar-refractivity contribution in [3.63, 3.8) is 0 Å². The fourth-order valence-electron chi connectivity index (χ4n) is 3.62. The highest BCUT2D eigenvalue weighted by Gasteiger charge is 2.34. The number of hydrogen-bond donors (Lipinski definition) is 1. The average molecular weight is 344 g/mol. The topological polar surface area (TPSA) is 58.6 Å². The molecule has 0 aliphatic carbocycles. The molecule has 2 atom stereocenters. The Morgan fingerprint density at radius 1 is 1.28 bits per heavy atom. The first kappa shape index (κ1) is 17.9. The Morgan fingerprint density at radius 2 is 2.04 bits per heavy atom. The van der Waals surface area contributed by atoms with Crippen molar-refractivity contribution in [3.8, 4) is 0 Å². The standard InChI is InChI=1S/C20H28N2O3/c1-14(2)10-19(23)22-13-16-7-4-3-6-15(16)11-18(22)20(24)21-12-17-8-5-9-25-17/h3-4,6-7,14,17-18H,5,8-13H2,1-2H3,(H,21,24)/t17-,18+/m1/s1. The number of nitrogens with one attached hydrogen (secondary N) is 1. The third-order valence-electron chi connectivity index (χ3n) is 4.98. The van der Waals surface area contributed by atoms with Gasteiger partial charge in [-0.25, -0.2) is 0 Å². The van der Waals surface area contributed by atoms with Gasteiger partial charge in [-0.1, -0.05) is 38.1 Å². The maximum absolute atomic E-state index is 12.8. The Morgan fingerprint density at radius 3 is 2.72 bits per heavy atom. The van der Waals surface area contributed by atoms with Crippen LogP contribution in [0.15, 0.2) is 24.3 Å². The van der Waals surface area contributed by atoms with Gasteiger partial charge in [0.25, 0.3) is 0 Å². The number of fused-ring (bicyclic) bond motifs is 1. The second-order valence-corrected chi connectivity index (χ2v) is 7.49. The van der Waals surface area contributed by atoms with Crippen LogP contribution in [0, 0.1) is 5.92 Å². The minimum absolute atomic E-state index is 0.0572. The maximum atomic E-state index is 12.8. The van der Waals surface area contributed by atoms with Crippen LogP contribution >= 0.6 is 0 Å². The largest absolute Gasteiger partial charge is 0.376 e. The molecule has 2 heterocycles. The fraction of sp³-hybridized carbons (Fsp3) is 0.600. The number of carbonyl (C=O) groups is 2. The summed E-state index contributed by atoms with van der Waals surface area (Å²) in [5.74, 6) is 0.268. The normalized spacial score (nSPS) is 22.8. The fourth-order valence-corrected chi connectivity index (χ4v) is 3.62. The minimum Gasteiger partial charge on any atom is -0.376 e. The number of ether oxygens (including phenoxy) is 1. The summed E-state index contributed by atoms with van der Waals surface area (Å²) in [5, 5.41) is 3.01. The summed E-state index contributed by atoms with van der Waals surface area (Å²) in [4.78, 5) is 27.3. The molecule has 5 nitrogen and oxygen atoms in total. The van der Waals surface area contributed by atoms with Crippen LogP contribution in [0.4, 0.5) is 0 Å². The van der Waals surface area contributed by atoms with Gasteiger partial charge in [0.2, 0.25) is 11.8 Å². The van der Waals surface area contributed by atoms with Crippen LogP contribution < -0.4 is 5.32 Å². The molecule has 0 radical (unpaired) electrons. The van der Waals surface area contributed by atoms with Gasteiger partial charge in [-0.2, -0.15) is 0 Å². The van der Waals surface area contributed by atoms with E-state index < -0.39 is 6.04 Å². The van der Waals surface area contributed by atoms with E-state index in [1.54, 1.807) is 4.90 Å². The summed E-state index contributed by atoms with van der Waals surface area (Å²) in [6.45, 7) is 5.88. The summed E-state index contributed by atoms with van der Waals surface area (Å²) in [6, 6.07) is 7.65. The molecule has 0 spiro atoms. The lowest BCUT2D eigenvalue weighted by Gasteiger charge is -2.36. The lowest BCUT2D eigenvalue weighted by molar-refractivity contribution is -0.142. The third-order valence-corrected chi connectivity index (χ3v) is 4.98. The molecule has 2 aliphatic rings. The molecule has 2 amide bonds. The van der Waals surface area contributed by atoms with E-state index >= 15 is 0 Å². The van der Waals surface area contributed by atoms with Gasteiger partial charge >= 0.3 is 0 Å². The average Bonchev–Trinajstić information content (AvgIpc) is 3.11. The Labute approximate surface area is 149 Å². The monoisotopic (exact) mass is 344 g/mol. The van der Waals surface area contributed by atoms with Crippen molar-refractivity contribution >= 4 is 11.8 Å². The van der Waals surface area contributed by atoms with E-state index in [0.29, 0.717) is 25.9 Å². The summed E-state index contributed by atoms with van der Waals surface area (Å²) in [7, 11) is 0. The molecular weight excluding hydrogens is 316 g/mol. The molecule has 1 N–H and O–H groups in total. The van der Waals surface area contributed by atoms with Crippen LogP contribution in [0.2, 0.25) is 0 Å². The molecule has 0 bridgehead atoms. The van der Waals surface area contributed by atoms with Crippen molar-refractivity contribution in [1.82, 2.24) is 10.2 Å². The number of rotatable bonds is 5. The number of carbonyl (C=O) groups excluding carboxylic acids is 2. The Balaban J connectivity index is 1.72. The van der Waals surface area contributed by atoms with Crippen molar-refractivity contribution in [2.75, 3.05) is 13.2 Å². The van der Waals surface area contributed by atoms with Crippen molar-refractivity contribution in [3.05, 3.63) is 35.4 Å². The number of nitrogens with zero attached hydrogens (tertiary/aromatic N) is 1. The summed E-state index contributed by atoms with van der Waals surface area (Å²) in [5.41, 5.74) is 2.30. The van der Waals surface area contributed by atoms with Gasteiger partial charge in [0, 0.05) is 32.5 Å². The zero-order chi connectivity index (χ0) is 17.8. The first-order chi connectivity index (χ1) is 12.0. The van der Waals surface area contributed by atoms with E-state index in [0.717, 1.165) is 30.6 Å².